The quantitative estimate of drug-likeness (QED) is 0.400. The fourth-order valence-corrected chi connectivity index (χ4v) is 3.12. The standard InChI is InChI=1S/C20H24F4O2/c21-18-16(10-2-1-5-14-6-3-7-14)11-12-17(19(18)26-20(22,23)24)25-13-15-8-4-9-15/h1,5,11-12,14-15H,2-4,6-10,13H2/b5-1+. The molecule has 2 aliphatic carbocycles. The molecule has 2 nitrogen and oxygen atoms in total. The van der Waals surface area contributed by atoms with Gasteiger partial charge in [-0.2, -0.15) is 0 Å². The molecule has 0 atom stereocenters. The number of hydrogen-bond donors (Lipinski definition) is 0. The average Bonchev–Trinajstić information content (AvgIpc) is 2.47. The molecule has 0 saturated heterocycles. The van der Waals surface area contributed by atoms with Crippen LogP contribution in [-0.4, -0.2) is 13.0 Å². The number of halogens is 4. The number of ether oxygens (including phenoxy) is 2. The number of alkyl halides is 3. The van der Waals surface area contributed by atoms with Crippen molar-refractivity contribution >= 4 is 0 Å². The molecule has 0 radical (unpaired) electrons. The molecule has 0 aromatic heterocycles. The first-order valence-electron chi connectivity index (χ1n) is 9.29. The van der Waals surface area contributed by atoms with Crippen LogP contribution in [0.2, 0.25) is 0 Å². The van der Waals surface area contributed by atoms with Gasteiger partial charge in [-0.15, -0.1) is 13.2 Å². The lowest BCUT2D eigenvalue weighted by atomic mass is 9.85. The van der Waals surface area contributed by atoms with E-state index in [1.807, 2.05) is 6.08 Å². The minimum absolute atomic E-state index is 0.180. The Hall–Kier alpha value is -1.72. The van der Waals surface area contributed by atoms with Gasteiger partial charge in [-0.3, -0.25) is 0 Å². The molecule has 0 unspecified atom stereocenters. The largest absolute Gasteiger partial charge is 0.573 e. The number of rotatable bonds is 8. The first-order chi connectivity index (χ1) is 12.4. The molecule has 3 rings (SSSR count). The third-order valence-electron chi connectivity index (χ3n) is 5.20. The molecule has 0 amide bonds. The molecule has 2 aliphatic rings. The fraction of sp³-hybridized carbons (Fsp3) is 0.600. The summed E-state index contributed by atoms with van der Waals surface area (Å²) < 4.78 is 62.1. The first-order valence-corrected chi connectivity index (χ1v) is 9.29. The summed E-state index contributed by atoms with van der Waals surface area (Å²) in [7, 11) is 0. The molecule has 2 fully saturated rings. The maximum absolute atomic E-state index is 14.6. The van der Waals surface area contributed by atoms with Crippen molar-refractivity contribution in [1.29, 1.82) is 0 Å². The second-order valence-electron chi connectivity index (χ2n) is 7.18. The number of hydrogen-bond acceptors (Lipinski definition) is 2. The van der Waals surface area contributed by atoms with Crippen molar-refractivity contribution in [3.8, 4) is 11.5 Å². The number of aryl methyl sites for hydroxylation is 1. The maximum atomic E-state index is 14.6. The molecular weight excluding hydrogens is 348 g/mol. The summed E-state index contributed by atoms with van der Waals surface area (Å²) in [5.41, 5.74) is 0.207. The lowest BCUT2D eigenvalue weighted by Crippen LogP contribution is -2.22. The predicted octanol–water partition coefficient (Wildman–Crippen LogP) is 6.19. The Morgan fingerprint density at radius 1 is 1.08 bits per heavy atom. The molecule has 2 saturated carbocycles. The fourth-order valence-electron chi connectivity index (χ4n) is 3.12. The Bertz CT molecular complexity index is 631. The summed E-state index contributed by atoms with van der Waals surface area (Å²) >= 11 is 0. The van der Waals surface area contributed by atoms with E-state index in [0.717, 1.165) is 19.3 Å². The van der Waals surface area contributed by atoms with Crippen LogP contribution < -0.4 is 9.47 Å². The van der Waals surface area contributed by atoms with Gasteiger partial charge in [0.15, 0.2) is 11.6 Å². The number of allylic oxidation sites excluding steroid dienone is 2. The zero-order valence-corrected chi connectivity index (χ0v) is 14.7. The molecule has 26 heavy (non-hydrogen) atoms. The summed E-state index contributed by atoms with van der Waals surface area (Å²) in [5.74, 6) is -1.08. The van der Waals surface area contributed by atoms with Gasteiger partial charge in [0.1, 0.15) is 0 Å². The van der Waals surface area contributed by atoms with Crippen LogP contribution in [0, 0.1) is 17.7 Å². The van der Waals surface area contributed by atoms with E-state index in [1.54, 1.807) is 0 Å². The summed E-state index contributed by atoms with van der Waals surface area (Å²) in [5, 5.41) is 0. The molecule has 0 N–H and O–H groups in total. The lowest BCUT2D eigenvalue weighted by molar-refractivity contribution is -0.276. The number of benzene rings is 1. The van der Waals surface area contributed by atoms with Gasteiger partial charge >= 0.3 is 6.36 Å². The highest BCUT2D eigenvalue weighted by Gasteiger charge is 2.35. The summed E-state index contributed by atoms with van der Waals surface area (Å²) in [6.07, 6.45) is 6.73. The predicted molar refractivity (Wildman–Crippen MR) is 90.7 cm³/mol. The van der Waals surface area contributed by atoms with Crippen LogP contribution in [0.15, 0.2) is 24.3 Å². The SMILES string of the molecule is Fc1c(CC/C=C/C2CCC2)ccc(OCC2CCC2)c1OC(F)(F)F. The highest BCUT2D eigenvalue weighted by Crippen LogP contribution is 2.38. The van der Waals surface area contributed by atoms with E-state index in [4.69, 9.17) is 4.74 Å². The molecule has 144 valence electrons. The van der Waals surface area contributed by atoms with Crippen molar-refractivity contribution < 1.29 is 27.0 Å². The third-order valence-corrected chi connectivity index (χ3v) is 5.20. The van der Waals surface area contributed by atoms with Gasteiger partial charge in [-0.05, 0) is 62.0 Å². The zero-order chi connectivity index (χ0) is 18.6. The van der Waals surface area contributed by atoms with Crippen molar-refractivity contribution in [3.05, 3.63) is 35.7 Å². The second kappa shape index (κ2) is 8.31. The van der Waals surface area contributed by atoms with Gasteiger partial charge in [-0.1, -0.05) is 31.1 Å². The highest BCUT2D eigenvalue weighted by molar-refractivity contribution is 5.45. The molecule has 0 bridgehead atoms. The minimum Gasteiger partial charge on any atom is -0.489 e. The Labute approximate surface area is 151 Å². The van der Waals surface area contributed by atoms with E-state index in [0.29, 0.717) is 24.7 Å². The van der Waals surface area contributed by atoms with Crippen molar-refractivity contribution in [1.82, 2.24) is 0 Å². The van der Waals surface area contributed by atoms with Gasteiger partial charge in [0.25, 0.3) is 0 Å². The van der Waals surface area contributed by atoms with Crippen LogP contribution in [0.1, 0.15) is 50.5 Å². The lowest BCUT2D eigenvalue weighted by Gasteiger charge is -2.26. The zero-order valence-electron chi connectivity index (χ0n) is 14.7. The molecule has 1 aromatic carbocycles. The topological polar surface area (TPSA) is 18.5 Å². The van der Waals surface area contributed by atoms with Crippen molar-refractivity contribution in [2.24, 2.45) is 11.8 Å². The molecule has 0 aliphatic heterocycles. The van der Waals surface area contributed by atoms with Crippen LogP contribution in [-0.2, 0) is 6.42 Å². The molecule has 6 heteroatoms. The molecule has 0 heterocycles. The van der Waals surface area contributed by atoms with E-state index < -0.39 is 17.9 Å². The van der Waals surface area contributed by atoms with Crippen molar-refractivity contribution in [2.45, 2.75) is 57.7 Å². The maximum Gasteiger partial charge on any atom is 0.573 e. The van der Waals surface area contributed by atoms with Crippen molar-refractivity contribution in [2.75, 3.05) is 6.61 Å². The minimum atomic E-state index is -4.96. The highest BCUT2D eigenvalue weighted by atomic mass is 19.4. The van der Waals surface area contributed by atoms with E-state index in [1.165, 1.54) is 31.4 Å². The molecule has 0 spiro atoms. The summed E-state index contributed by atoms with van der Waals surface area (Å²) in [6.45, 7) is 0.289. The average molecular weight is 372 g/mol. The summed E-state index contributed by atoms with van der Waals surface area (Å²) in [4.78, 5) is 0. The van der Waals surface area contributed by atoms with E-state index >= 15 is 0 Å². The van der Waals surface area contributed by atoms with Gasteiger partial charge in [0.2, 0.25) is 5.75 Å². The van der Waals surface area contributed by atoms with Gasteiger partial charge in [-0.25, -0.2) is 4.39 Å². The van der Waals surface area contributed by atoms with Gasteiger partial charge in [0, 0.05) is 0 Å². The van der Waals surface area contributed by atoms with Crippen LogP contribution in [0.25, 0.3) is 0 Å². The Balaban J connectivity index is 1.68. The van der Waals surface area contributed by atoms with Crippen LogP contribution in [0.3, 0.4) is 0 Å². The van der Waals surface area contributed by atoms with Crippen LogP contribution in [0.4, 0.5) is 17.6 Å². The Morgan fingerprint density at radius 3 is 2.38 bits per heavy atom. The van der Waals surface area contributed by atoms with Crippen molar-refractivity contribution in [3.63, 3.8) is 0 Å². The van der Waals surface area contributed by atoms with Gasteiger partial charge in [0.05, 0.1) is 6.61 Å². The first kappa shape index (κ1) is 19.1. The molecule has 1 aromatic rings. The normalized spacial score (nSPS) is 18.6. The Kier molecular flexibility index (Phi) is 6.09. The van der Waals surface area contributed by atoms with Gasteiger partial charge < -0.3 is 9.47 Å². The van der Waals surface area contributed by atoms with E-state index in [9.17, 15) is 17.6 Å². The van der Waals surface area contributed by atoms with Crippen LogP contribution >= 0.6 is 0 Å². The smallest absolute Gasteiger partial charge is 0.489 e. The molecular formula is C20H24F4O2. The summed E-state index contributed by atoms with van der Waals surface area (Å²) in [6, 6.07) is 2.87. The Morgan fingerprint density at radius 2 is 1.81 bits per heavy atom. The second-order valence-corrected chi connectivity index (χ2v) is 7.18. The van der Waals surface area contributed by atoms with Crippen LogP contribution in [0.5, 0.6) is 11.5 Å². The monoisotopic (exact) mass is 372 g/mol. The van der Waals surface area contributed by atoms with E-state index in [2.05, 4.69) is 10.8 Å². The third kappa shape index (κ3) is 5.15. The van der Waals surface area contributed by atoms with E-state index in [-0.39, 0.29) is 17.9 Å².